The maximum atomic E-state index is 12.7. The number of halogens is 1. The first-order chi connectivity index (χ1) is 9.79. The largest absolute Gasteiger partial charge is 0.480 e. The zero-order valence-electron chi connectivity index (χ0n) is 11.6. The fourth-order valence-electron chi connectivity index (χ4n) is 3.28. The standard InChI is InChI=1S/C16H20ClNO2/c17-9-10-18(13-6-2-3-7-13)16(19)15-11-12-5-1-4-8-14(12)20-15/h1,4-5,8,13,15H,2-3,6-7,9-11H2. The monoisotopic (exact) mass is 293 g/mol. The zero-order chi connectivity index (χ0) is 13.9. The van der Waals surface area contributed by atoms with Gasteiger partial charge in [0.1, 0.15) is 5.75 Å². The highest BCUT2D eigenvalue weighted by Gasteiger charge is 2.35. The van der Waals surface area contributed by atoms with Gasteiger partial charge in [0.05, 0.1) is 0 Å². The number of hydrogen-bond donors (Lipinski definition) is 0. The van der Waals surface area contributed by atoms with Crippen LogP contribution in [0.15, 0.2) is 24.3 Å². The summed E-state index contributed by atoms with van der Waals surface area (Å²) in [5, 5.41) is 0. The van der Waals surface area contributed by atoms with Gasteiger partial charge in [0.2, 0.25) is 0 Å². The minimum Gasteiger partial charge on any atom is -0.480 e. The lowest BCUT2D eigenvalue weighted by Crippen LogP contribution is -2.47. The second kappa shape index (κ2) is 6.04. The van der Waals surface area contributed by atoms with E-state index in [1.807, 2.05) is 29.2 Å². The summed E-state index contributed by atoms with van der Waals surface area (Å²) in [5.74, 6) is 1.44. The Hall–Kier alpha value is -1.22. The maximum Gasteiger partial charge on any atom is 0.264 e. The van der Waals surface area contributed by atoms with Crippen molar-refractivity contribution in [3.05, 3.63) is 29.8 Å². The van der Waals surface area contributed by atoms with Gasteiger partial charge in [-0.15, -0.1) is 11.6 Å². The molecule has 1 aromatic carbocycles. The highest BCUT2D eigenvalue weighted by atomic mass is 35.5. The van der Waals surface area contributed by atoms with E-state index in [9.17, 15) is 4.79 Å². The summed E-state index contributed by atoms with van der Waals surface area (Å²) < 4.78 is 5.82. The molecule has 20 heavy (non-hydrogen) atoms. The molecule has 0 radical (unpaired) electrons. The van der Waals surface area contributed by atoms with Crippen molar-refractivity contribution in [1.82, 2.24) is 4.90 Å². The lowest BCUT2D eigenvalue weighted by molar-refractivity contribution is -0.140. The van der Waals surface area contributed by atoms with Gasteiger partial charge < -0.3 is 9.64 Å². The first-order valence-corrected chi connectivity index (χ1v) is 7.94. The third kappa shape index (κ3) is 2.64. The van der Waals surface area contributed by atoms with E-state index in [0.29, 0.717) is 24.9 Å². The van der Waals surface area contributed by atoms with E-state index in [0.717, 1.165) is 24.2 Å². The predicted octanol–water partition coefficient (Wildman–Crippen LogP) is 3.00. The fraction of sp³-hybridized carbons (Fsp3) is 0.562. The molecule has 0 bridgehead atoms. The molecule has 1 aromatic rings. The number of rotatable bonds is 4. The number of hydrogen-bond acceptors (Lipinski definition) is 2. The van der Waals surface area contributed by atoms with Crippen molar-refractivity contribution in [2.75, 3.05) is 12.4 Å². The summed E-state index contributed by atoms with van der Waals surface area (Å²) in [6.45, 7) is 0.626. The Morgan fingerprint density at radius 2 is 2.05 bits per heavy atom. The van der Waals surface area contributed by atoms with Crippen LogP contribution in [0.4, 0.5) is 0 Å². The molecule has 1 unspecified atom stereocenters. The van der Waals surface area contributed by atoms with Gasteiger partial charge in [0.15, 0.2) is 6.10 Å². The van der Waals surface area contributed by atoms with E-state index >= 15 is 0 Å². The number of fused-ring (bicyclic) bond motifs is 1. The first-order valence-electron chi connectivity index (χ1n) is 7.40. The topological polar surface area (TPSA) is 29.5 Å². The first kappa shape index (κ1) is 13.7. The summed E-state index contributed by atoms with van der Waals surface area (Å²) in [5.41, 5.74) is 1.13. The lowest BCUT2D eigenvalue weighted by atomic mass is 10.1. The molecule has 4 heteroatoms. The summed E-state index contributed by atoms with van der Waals surface area (Å²) in [6, 6.07) is 8.25. The highest BCUT2D eigenvalue weighted by molar-refractivity contribution is 6.18. The molecule has 1 aliphatic heterocycles. The Morgan fingerprint density at radius 3 is 2.75 bits per heavy atom. The van der Waals surface area contributed by atoms with Crippen molar-refractivity contribution in [3.8, 4) is 5.75 Å². The molecule has 1 fully saturated rings. The number of carbonyl (C=O) groups is 1. The van der Waals surface area contributed by atoms with Crippen LogP contribution in [0.5, 0.6) is 5.75 Å². The number of amides is 1. The molecular weight excluding hydrogens is 274 g/mol. The molecule has 0 N–H and O–H groups in total. The molecular formula is C16H20ClNO2. The molecule has 1 aliphatic carbocycles. The van der Waals surface area contributed by atoms with Crippen molar-refractivity contribution < 1.29 is 9.53 Å². The Kier molecular flexibility index (Phi) is 4.16. The molecule has 2 aliphatic rings. The molecule has 1 amide bonds. The van der Waals surface area contributed by atoms with Gasteiger partial charge in [-0.1, -0.05) is 31.0 Å². The summed E-state index contributed by atoms with van der Waals surface area (Å²) in [4.78, 5) is 14.7. The molecule has 1 saturated carbocycles. The summed E-state index contributed by atoms with van der Waals surface area (Å²) in [6.07, 6.45) is 4.94. The third-order valence-electron chi connectivity index (χ3n) is 4.30. The van der Waals surface area contributed by atoms with E-state index in [1.54, 1.807) is 0 Å². The van der Waals surface area contributed by atoms with Gasteiger partial charge in [-0.2, -0.15) is 0 Å². The van der Waals surface area contributed by atoms with Gasteiger partial charge in [-0.05, 0) is 24.5 Å². The highest BCUT2D eigenvalue weighted by Crippen LogP contribution is 2.31. The average Bonchev–Trinajstić information content (AvgIpc) is 3.12. The fourth-order valence-corrected chi connectivity index (χ4v) is 3.47. The van der Waals surface area contributed by atoms with Crippen LogP contribution < -0.4 is 4.74 Å². The summed E-state index contributed by atoms with van der Waals surface area (Å²) in [7, 11) is 0. The zero-order valence-corrected chi connectivity index (χ0v) is 12.3. The Bertz CT molecular complexity index is 460. The smallest absolute Gasteiger partial charge is 0.264 e. The van der Waals surface area contributed by atoms with E-state index in [4.69, 9.17) is 16.3 Å². The molecule has 1 heterocycles. The molecule has 0 aromatic heterocycles. The Labute approximate surface area is 124 Å². The van der Waals surface area contributed by atoms with Crippen molar-refractivity contribution in [2.45, 2.75) is 44.2 Å². The molecule has 0 spiro atoms. The molecule has 0 saturated heterocycles. The molecule has 3 nitrogen and oxygen atoms in total. The quantitative estimate of drug-likeness (QED) is 0.799. The van der Waals surface area contributed by atoms with Crippen LogP contribution in [0.25, 0.3) is 0 Å². The van der Waals surface area contributed by atoms with E-state index in [2.05, 4.69) is 0 Å². The number of para-hydroxylation sites is 1. The number of nitrogens with zero attached hydrogens (tertiary/aromatic N) is 1. The van der Waals surface area contributed by atoms with E-state index in [-0.39, 0.29) is 12.0 Å². The van der Waals surface area contributed by atoms with Crippen LogP contribution in [0.2, 0.25) is 0 Å². The third-order valence-corrected chi connectivity index (χ3v) is 4.47. The lowest BCUT2D eigenvalue weighted by Gasteiger charge is -2.30. The van der Waals surface area contributed by atoms with Crippen LogP contribution >= 0.6 is 11.6 Å². The van der Waals surface area contributed by atoms with Crippen molar-refractivity contribution >= 4 is 17.5 Å². The van der Waals surface area contributed by atoms with Crippen LogP contribution in [-0.2, 0) is 11.2 Å². The summed E-state index contributed by atoms with van der Waals surface area (Å²) >= 11 is 5.88. The Morgan fingerprint density at radius 1 is 1.30 bits per heavy atom. The molecule has 1 atom stereocenters. The minimum atomic E-state index is -0.365. The van der Waals surface area contributed by atoms with Crippen LogP contribution in [0.3, 0.4) is 0 Å². The number of alkyl halides is 1. The minimum absolute atomic E-state index is 0.105. The Balaban J connectivity index is 1.71. The van der Waals surface area contributed by atoms with Crippen molar-refractivity contribution in [1.29, 1.82) is 0 Å². The molecule has 3 rings (SSSR count). The van der Waals surface area contributed by atoms with Crippen LogP contribution in [0, 0.1) is 0 Å². The van der Waals surface area contributed by atoms with Gasteiger partial charge in [0.25, 0.3) is 5.91 Å². The maximum absolute atomic E-state index is 12.7. The van der Waals surface area contributed by atoms with E-state index < -0.39 is 0 Å². The van der Waals surface area contributed by atoms with Crippen molar-refractivity contribution in [3.63, 3.8) is 0 Å². The van der Waals surface area contributed by atoms with Gasteiger partial charge in [-0.25, -0.2) is 0 Å². The predicted molar refractivity (Wildman–Crippen MR) is 79.3 cm³/mol. The van der Waals surface area contributed by atoms with Crippen molar-refractivity contribution in [2.24, 2.45) is 0 Å². The van der Waals surface area contributed by atoms with Gasteiger partial charge >= 0.3 is 0 Å². The average molecular weight is 294 g/mol. The number of benzene rings is 1. The SMILES string of the molecule is O=C(C1Cc2ccccc2O1)N(CCCl)C1CCCC1. The van der Waals surface area contributed by atoms with Gasteiger partial charge in [0, 0.05) is 24.9 Å². The number of ether oxygens (including phenoxy) is 1. The normalized spacial score (nSPS) is 21.6. The van der Waals surface area contributed by atoms with Crippen LogP contribution in [-0.4, -0.2) is 35.4 Å². The van der Waals surface area contributed by atoms with Crippen LogP contribution in [0.1, 0.15) is 31.2 Å². The van der Waals surface area contributed by atoms with Gasteiger partial charge in [-0.3, -0.25) is 4.79 Å². The second-order valence-electron chi connectivity index (χ2n) is 5.58. The molecule has 108 valence electrons. The van der Waals surface area contributed by atoms with E-state index in [1.165, 1.54) is 12.8 Å². The number of carbonyl (C=O) groups excluding carboxylic acids is 1. The second-order valence-corrected chi connectivity index (χ2v) is 5.96.